The van der Waals surface area contributed by atoms with Crippen molar-refractivity contribution < 1.29 is 22.7 Å². The van der Waals surface area contributed by atoms with Crippen LogP contribution in [0.4, 0.5) is 13.2 Å². The number of nitrogens with zero attached hydrogens (tertiary/aromatic N) is 1. The number of carbonyl (C=O) groups excluding carboxylic acids is 1. The molecule has 1 atom stereocenters. The minimum absolute atomic E-state index is 0.0943. The number of nitrogens with two attached hydrogens (primary N) is 1. The number of hydrogen-bond acceptors (Lipinski definition) is 4. The molecule has 5 nitrogen and oxygen atoms in total. The number of alkyl halides is 3. The van der Waals surface area contributed by atoms with Crippen molar-refractivity contribution in [3.8, 4) is 11.1 Å². The van der Waals surface area contributed by atoms with Crippen LogP contribution >= 0.6 is 11.6 Å². The molecule has 37 heavy (non-hydrogen) atoms. The second-order valence-electron chi connectivity index (χ2n) is 8.98. The minimum Gasteiger partial charge on any atom is -0.377 e. The van der Waals surface area contributed by atoms with Crippen LogP contribution in [0, 0.1) is 0 Å². The Labute approximate surface area is 218 Å². The summed E-state index contributed by atoms with van der Waals surface area (Å²) in [5, 5.41) is 3.36. The van der Waals surface area contributed by atoms with E-state index >= 15 is 0 Å². The maximum Gasteiger partial charge on any atom is 0.416 e. The topological polar surface area (TPSA) is 77.2 Å². The van der Waals surface area contributed by atoms with E-state index in [-0.39, 0.29) is 18.5 Å². The number of pyridine rings is 1. The molecule has 1 aliphatic rings. The Bertz CT molecular complexity index is 1320. The first-order valence-corrected chi connectivity index (χ1v) is 12.3. The van der Waals surface area contributed by atoms with Crippen LogP contribution in [-0.4, -0.2) is 30.1 Å². The normalized spacial score (nSPS) is 14.7. The van der Waals surface area contributed by atoms with Crippen molar-refractivity contribution in [3.05, 3.63) is 93.8 Å². The van der Waals surface area contributed by atoms with Gasteiger partial charge >= 0.3 is 6.18 Å². The molecule has 3 aromatic rings. The molecule has 0 spiro atoms. The van der Waals surface area contributed by atoms with Gasteiger partial charge in [-0.05, 0) is 77.4 Å². The standard InChI is InChI=1S/C28H27ClF3N3O2/c1-17(35-27(36)23-11-22(15-34-16-23)18-6-8-37-9-7-18)10-20-3-2-19(12-26(20)29)25-13-24(28(30,31)32)5-4-21(25)14-33/h2-6,11-13,15-17H,7-10,14,33H2,1H3,(H,35,36). The fourth-order valence-corrected chi connectivity index (χ4v) is 4.55. The molecule has 1 amide bonds. The lowest BCUT2D eigenvalue weighted by Crippen LogP contribution is -2.34. The summed E-state index contributed by atoms with van der Waals surface area (Å²) in [6.07, 6.45) is 2.00. The Balaban J connectivity index is 1.47. The summed E-state index contributed by atoms with van der Waals surface area (Å²) >= 11 is 6.52. The highest BCUT2D eigenvalue weighted by Crippen LogP contribution is 2.35. The third kappa shape index (κ3) is 6.57. The summed E-state index contributed by atoms with van der Waals surface area (Å²) in [6, 6.07) is 10.2. The Kier molecular flexibility index (Phi) is 8.32. The Morgan fingerprint density at radius 1 is 1.14 bits per heavy atom. The van der Waals surface area contributed by atoms with Crippen molar-refractivity contribution in [1.82, 2.24) is 10.3 Å². The Morgan fingerprint density at radius 2 is 1.92 bits per heavy atom. The van der Waals surface area contributed by atoms with Gasteiger partial charge in [-0.15, -0.1) is 0 Å². The van der Waals surface area contributed by atoms with E-state index in [2.05, 4.69) is 10.3 Å². The first-order valence-electron chi connectivity index (χ1n) is 11.9. The van der Waals surface area contributed by atoms with Crippen LogP contribution in [0.2, 0.25) is 5.02 Å². The van der Waals surface area contributed by atoms with E-state index in [0.717, 1.165) is 35.3 Å². The summed E-state index contributed by atoms with van der Waals surface area (Å²) in [7, 11) is 0. The zero-order chi connectivity index (χ0) is 26.6. The molecule has 0 radical (unpaired) electrons. The first kappa shape index (κ1) is 26.9. The van der Waals surface area contributed by atoms with Crippen molar-refractivity contribution >= 4 is 23.1 Å². The van der Waals surface area contributed by atoms with Crippen LogP contribution in [-0.2, 0) is 23.9 Å². The van der Waals surface area contributed by atoms with E-state index in [9.17, 15) is 18.0 Å². The summed E-state index contributed by atoms with van der Waals surface area (Å²) in [5.74, 6) is -0.251. The number of hydrogen-bond donors (Lipinski definition) is 2. The van der Waals surface area contributed by atoms with E-state index in [4.69, 9.17) is 22.1 Å². The van der Waals surface area contributed by atoms with Crippen LogP contribution in [0.15, 0.2) is 60.9 Å². The molecule has 9 heteroatoms. The predicted molar refractivity (Wildman–Crippen MR) is 138 cm³/mol. The van der Waals surface area contributed by atoms with Gasteiger partial charge in [0.15, 0.2) is 0 Å². The van der Waals surface area contributed by atoms with E-state index in [1.54, 1.807) is 24.4 Å². The van der Waals surface area contributed by atoms with Gasteiger partial charge in [0, 0.05) is 30.0 Å². The summed E-state index contributed by atoms with van der Waals surface area (Å²) in [4.78, 5) is 17.1. The minimum atomic E-state index is -4.46. The van der Waals surface area contributed by atoms with Gasteiger partial charge in [-0.25, -0.2) is 0 Å². The number of halogens is 4. The molecule has 2 aromatic carbocycles. The van der Waals surface area contributed by atoms with Crippen LogP contribution in [0.5, 0.6) is 0 Å². The summed E-state index contributed by atoms with van der Waals surface area (Å²) < 4.78 is 45.1. The molecule has 2 heterocycles. The zero-order valence-corrected chi connectivity index (χ0v) is 21.0. The van der Waals surface area contributed by atoms with Crippen LogP contribution < -0.4 is 11.1 Å². The summed E-state index contributed by atoms with van der Waals surface area (Å²) in [5.41, 5.74) is 9.75. The van der Waals surface area contributed by atoms with Gasteiger partial charge in [0.1, 0.15) is 0 Å². The van der Waals surface area contributed by atoms with Gasteiger partial charge in [-0.3, -0.25) is 9.78 Å². The highest BCUT2D eigenvalue weighted by Gasteiger charge is 2.31. The predicted octanol–water partition coefficient (Wildman–Crippen LogP) is 6.04. The Hall–Kier alpha value is -3.20. The van der Waals surface area contributed by atoms with Gasteiger partial charge in [0.2, 0.25) is 0 Å². The molecule has 3 N–H and O–H groups in total. The van der Waals surface area contributed by atoms with Crippen molar-refractivity contribution in [1.29, 1.82) is 0 Å². The van der Waals surface area contributed by atoms with E-state index in [1.807, 2.05) is 19.1 Å². The lowest BCUT2D eigenvalue weighted by atomic mass is 9.95. The highest BCUT2D eigenvalue weighted by molar-refractivity contribution is 6.31. The molecule has 0 fully saturated rings. The molecule has 1 aliphatic heterocycles. The first-order chi connectivity index (χ1) is 17.7. The number of amides is 1. The van der Waals surface area contributed by atoms with Crippen molar-refractivity contribution in [3.63, 3.8) is 0 Å². The van der Waals surface area contributed by atoms with Gasteiger partial charge in [-0.1, -0.05) is 35.9 Å². The molecule has 0 saturated carbocycles. The van der Waals surface area contributed by atoms with Gasteiger partial charge in [0.05, 0.1) is 24.3 Å². The fraction of sp³-hybridized carbons (Fsp3) is 0.286. The maximum absolute atomic E-state index is 13.2. The van der Waals surface area contributed by atoms with Gasteiger partial charge in [0.25, 0.3) is 5.91 Å². The van der Waals surface area contributed by atoms with Gasteiger partial charge < -0.3 is 15.8 Å². The number of nitrogens with one attached hydrogen (secondary N) is 1. The smallest absolute Gasteiger partial charge is 0.377 e. The second kappa shape index (κ2) is 11.5. The SMILES string of the molecule is CC(Cc1ccc(-c2cc(C(F)(F)F)ccc2CN)cc1Cl)NC(=O)c1cncc(C2=CCOCC2)c1. The quantitative estimate of drug-likeness (QED) is 0.391. The van der Waals surface area contributed by atoms with E-state index < -0.39 is 11.7 Å². The molecule has 0 bridgehead atoms. The average molecular weight is 530 g/mol. The molecule has 0 aliphatic carbocycles. The number of rotatable bonds is 7. The molecule has 1 unspecified atom stereocenters. The lowest BCUT2D eigenvalue weighted by Gasteiger charge is -2.17. The summed E-state index contributed by atoms with van der Waals surface area (Å²) in [6.45, 7) is 3.14. The second-order valence-corrected chi connectivity index (χ2v) is 9.38. The van der Waals surface area contributed by atoms with E-state index in [1.165, 1.54) is 12.3 Å². The number of aromatic nitrogens is 1. The number of benzene rings is 2. The monoisotopic (exact) mass is 529 g/mol. The lowest BCUT2D eigenvalue weighted by molar-refractivity contribution is -0.137. The molecule has 194 valence electrons. The fourth-order valence-electron chi connectivity index (χ4n) is 4.30. The number of ether oxygens (including phenoxy) is 1. The zero-order valence-electron chi connectivity index (χ0n) is 20.2. The van der Waals surface area contributed by atoms with Gasteiger partial charge in [-0.2, -0.15) is 13.2 Å². The van der Waals surface area contributed by atoms with Crippen molar-refractivity contribution in [2.75, 3.05) is 13.2 Å². The van der Waals surface area contributed by atoms with Crippen molar-refractivity contribution in [2.24, 2.45) is 5.73 Å². The Morgan fingerprint density at radius 3 is 2.59 bits per heavy atom. The largest absolute Gasteiger partial charge is 0.416 e. The molecular formula is C28H27ClF3N3O2. The maximum atomic E-state index is 13.2. The average Bonchev–Trinajstić information content (AvgIpc) is 2.89. The third-order valence-electron chi connectivity index (χ3n) is 6.26. The van der Waals surface area contributed by atoms with Crippen LogP contribution in [0.3, 0.4) is 0 Å². The molecule has 1 aromatic heterocycles. The van der Waals surface area contributed by atoms with E-state index in [0.29, 0.717) is 46.9 Å². The van der Waals surface area contributed by atoms with Crippen molar-refractivity contribution in [2.45, 2.75) is 38.5 Å². The van der Waals surface area contributed by atoms with Crippen LogP contribution in [0.1, 0.15) is 46.0 Å². The van der Waals surface area contributed by atoms with Crippen LogP contribution in [0.25, 0.3) is 16.7 Å². The molecule has 4 rings (SSSR count). The molecule has 0 saturated heterocycles. The molecular weight excluding hydrogens is 503 g/mol. The number of carbonyl (C=O) groups is 1. The third-order valence-corrected chi connectivity index (χ3v) is 6.61. The highest BCUT2D eigenvalue weighted by atomic mass is 35.5.